The molecule has 0 unspecified atom stereocenters. The summed E-state index contributed by atoms with van der Waals surface area (Å²) in [6, 6.07) is 5.44. The number of hydrogen-bond donors (Lipinski definition) is 1. The zero-order valence-electron chi connectivity index (χ0n) is 11.5. The van der Waals surface area contributed by atoms with Gasteiger partial charge in [0.05, 0.1) is 5.56 Å². The predicted molar refractivity (Wildman–Crippen MR) is 75.9 cm³/mol. The second-order valence-electron chi connectivity index (χ2n) is 6.22. The van der Waals surface area contributed by atoms with E-state index in [2.05, 4.69) is 11.8 Å². The van der Waals surface area contributed by atoms with E-state index in [-0.39, 0.29) is 0 Å². The molecule has 1 N–H and O–H groups in total. The Labute approximate surface area is 114 Å². The highest BCUT2D eigenvalue weighted by Gasteiger charge is 2.43. The Bertz CT molecular complexity index is 495. The van der Waals surface area contributed by atoms with Crippen LogP contribution in [0.15, 0.2) is 18.2 Å². The molecule has 0 atom stereocenters. The van der Waals surface area contributed by atoms with Gasteiger partial charge in [-0.15, -0.1) is 0 Å². The van der Waals surface area contributed by atoms with Crippen LogP contribution >= 0.6 is 0 Å². The number of aryl methyl sites for hydroxylation is 1. The highest BCUT2D eigenvalue weighted by atomic mass is 16.4. The summed E-state index contributed by atoms with van der Waals surface area (Å²) < 4.78 is 0. The molecule has 2 fully saturated rings. The fourth-order valence-electron chi connectivity index (χ4n) is 3.63. The van der Waals surface area contributed by atoms with Crippen LogP contribution in [0.1, 0.15) is 48.0 Å². The molecule has 1 saturated heterocycles. The highest BCUT2D eigenvalue weighted by molar-refractivity contribution is 5.89. The Morgan fingerprint density at radius 2 is 1.89 bits per heavy atom. The fraction of sp³-hybridized carbons (Fsp3) is 0.562. The summed E-state index contributed by atoms with van der Waals surface area (Å²) in [4.78, 5) is 13.4. The third-order valence-corrected chi connectivity index (χ3v) is 4.76. The lowest BCUT2D eigenvalue weighted by Gasteiger charge is -2.54. The van der Waals surface area contributed by atoms with Crippen LogP contribution in [0.3, 0.4) is 0 Å². The second-order valence-corrected chi connectivity index (χ2v) is 6.22. The summed E-state index contributed by atoms with van der Waals surface area (Å²) >= 11 is 0. The van der Waals surface area contributed by atoms with Crippen molar-refractivity contribution in [2.24, 2.45) is 5.41 Å². The number of benzene rings is 1. The summed E-state index contributed by atoms with van der Waals surface area (Å²) in [6.45, 7) is 4.28. The molecule has 1 saturated carbocycles. The van der Waals surface area contributed by atoms with Crippen molar-refractivity contribution >= 4 is 11.7 Å². The highest BCUT2D eigenvalue weighted by Crippen LogP contribution is 2.46. The van der Waals surface area contributed by atoms with Crippen LogP contribution in [0.4, 0.5) is 5.69 Å². The van der Waals surface area contributed by atoms with Crippen molar-refractivity contribution in [2.75, 3.05) is 18.0 Å². The minimum atomic E-state index is -0.839. The maximum atomic E-state index is 11.1. The molecule has 0 bridgehead atoms. The van der Waals surface area contributed by atoms with Crippen LogP contribution < -0.4 is 4.90 Å². The first kappa shape index (κ1) is 12.5. The van der Waals surface area contributed by atoms with Gasteiger partial charge in [-0.3, -0.25) is 0 Å². The molecule has 1 aromatic rings. The van der Waals surface area contributed by atoms with Gasteiger partial charge in [-0.05, 0) is 37.5 Å². The average Bonchev–Trinajstić information content (AvgIpc) is 2.37. The molecule has 3 nitrogen and oxygen atoms in total. The van der Waals surface area contributed by atoms with Crippen molar-refractivity contribution in [1.82, 2.24) is 0 Å². The van der Waals surface area contributed by atoms with E-state index in [0.717, 1.165) is 18.8 Å². The topological polar surface area (TPSA) is 40.5 Å². The first-order chi connectivity index (χ1) is 9.10. The second kappa shape index (κ2) is 4.55. The van der Waals surface area contributed by atoms with E-state index in [1.54, 1.807) is 6.07 Å². The number of rotatable bonds is 2. The van der Waals surface area contributed by atoms with E-state index in [4.69, 9.17) is 5.11 Å². The first-order valence-electron chi connectivity index (χ1n) is 7.19. The first-order valence-corrected chi connectivity index (χ1v) is 7.19. The van der Waals surface area contributed by atoms with E-state index in [1.807, 2.05) is 12.1 Å². The molecule has 1 aliphatic carbocycles. The Morgan fingerprint density at radius 1 is 1.21 bits per heavy atom. The van der Waals surface area contributed by atoms with Crippen LogP contribution in [-0.2, 0) is 0 Å². The molecule has 1 spiro atoms. The van der Waals surface area contributed by atoms with E-state index < -0.39 is 5.97 Å². The summed E-state index contributed by atoms with van der Waals surface area (Å²) in [5.74, 6) is -0.839. The van der Waals surface area contributed by atoms with Crippen LogP contribution in [-0.4, -0.2) is 24.2 Å². The maximum Gasteiger partial charge on any atom is 0.335 e. The third kappa shape index (κ3) is 2.22. The molecule has 0 amide bonds. The molecule has 3 rings (SSSR count). The number of carboxylic acids is 1. The lowest BCUT2D eigenvalue weighted by Crippen LogP contribution is -2.57. The van der Waals surface area contributed by atoms with Gasteiger partial charge in [-0.2, -0.15) is 0 Å². The number of aromatic carboxylic acids is 1. The standard InChI is InChI=1S/C16H21NO2/c1-12-5-6-13(15(18)19)9-14(12)17-10-16(11-17)7-3-2-4-8-16/h5-6,9H,2-4,7-8,10-11H2,1H3,(H,18,19). The molecule has 1 aliphatic heterocycles. The van der Waals surface area contributed by atoms with Crippen molar-refractivity contribution in [3.05, 3.63) is 29.3 Å². The van der Waals surface area contributed by atoms with Gasteiger partial charge in [-0.1, -0.05) is 25.3 Å². The van der Waals surface area contributed by atoms with Gasteiger partial charge in [0.1, 0.15) is 0 Å². The Morgan fingerprint density at radius 3 is 2.53 bits per heavy atom. The molecule has 3 heteroatoms. The lowest BCUT2D eigenvalue weighted by atomic mass is 9.68. The third-order valence-electron chi connectivity index (χ3n) is 4.76. The average molecular weight is 259 g/mol. The molecule has 1 heterocycles. The van der Waals surface area contributed by atoms with Gasteiger partial charge in [-0.25, -0.2) is 4.79 Å². The predicted octanol–water partition coefficient (Wildman–Crippen LogP) is 3.46. The van der Waals surface area contributed by atoms with Gasteiger partial charge in [0, 0.05) is 24.2 Å². The Balaban J connectivity index is 1.77. The number of nitrogens with zero attached hydrogens (tertiary/aromatic N) is 1. The quantitative estimate of drug-likeness (QED) is 0.884. The van der Waals surface area contributed by atoms with Crippen molar-refractivity contribution in [2.45, 2.75) is 39.0 Å². The van der Waals surface area contributed by atoms with E-state index in [0.29, 0.717) is 11.0 Å². The molecular formula is C16H21NO2. The zero-order valence-corrected chi connectivity index (χ0v) is 11.5. The summed E-state index contributed by atoms with van der Waals surface area (Å²) in [7, 11) is 0. The van der Waals surface area contributed by atoms with E-state index >= 15 is 0 Å². The van der Waals surface area contributed by atoms with Gasteiger partial charge >= 0.3 is 5.97 Å². The van der Waals surface area contributed by atoms with Crippen molar-refractivity contribution in [1.29, 1.82) is 0 Å². The molecular weight excluding hydrogens is 238 g/mol. The minimum absolute atomic E-state index is 0.394. The van der Waals surface area contributed by atoms with Gasteiger partial charge in [0.2, 0.25) is 0 Å². The normalized spacial score (nSPS) is 21.2. The number of carboxylic acid groups (broad SMARTS) is 1. The fourth-order valence-corrected chi connectivity index (χ4v) is 3.63. The monoisotopic (exact) mass is 259 g/mol. The number of carbonyl (C=O) groups is 1. The number of anilines is 1. The van der Waals surface area contributed by atoms with Crippen molar-refractivity contribution in [3.8, 4) is 0 Å². The van der Waals surface area contributed by atoms with Crippen molar-refractivity contribution < 1.29 is 9.90 Å². The zero-order chi connectivity index (χ0) is 13.5. The molecule has 19 heavy (non-hydrogen) atoms. The molecule has 102 valence electrons. The molecule has 0 aromatic heterocycles. The van der Waals surface area contributed by atoms with Crippen LogP contribution in [0, 0.1) is 12.3 Å². The maximum absolute atomic E-state index is 11.1. The summed E-state index contributed by atoms with van der Waals surface area (Å²) in [6.07, 6.45) is 6.81. The van der Waals surface area contributed by atoms with Crippen LogP contribution in [0.25, 0.3) is 0 Å². The van der Waals surface area contributed by atoms with Crippen LogP contribution in [0.5, 0.6) is 0 Å². The van der Waals surface area contributed by atoms with Gasteiger partial charge in [0.25, 0.3) is 0 Å². The molecule has 0 radical (unpaired) electrons. The molecule has 1 aromatic carbocycles. The van der Waals surface area contributed by atoms with Gasteiger partial charge in [0.15, 0.2) is 0 Å². The van der Waals surface area contributed by atoms with E-state index in [1.165, 1.54) is 37.7 Å². The van der Waals surface area contributed by atoms with E-state index in [9.17, 15) is 4.79 Å². The van der Waals surface area contributed by atoms with Crippen molar-refractivity contribution in [3.63, 3.8) is 0 Å². The largest absolute Gasteiger partial charge is 0.478 e. The molecule has 2 aliphatic rings. The summed E-state index contributed by atoms with van der Waals surface area (Å²) in [5.41, 5.74) is 3.21. The Hall–Kier alpha value is -1.51. The lowest BCUT2D eigenvalue weighted by molar-refractivity contribution is 0.0697. The Kier molecular flexibility index (Phi) is 3.00. The SMILES string of the molecule is Cc1ccc(C(=O)O)cc1N1CC2(CCCCC2)C1. The number of hydrogen-bond acceptors (Lipinski definition) is 2. The smallest absolute Gasteiger partial charge is 0.335 e. The van der Waals surface area contributed by atoms with Crippen LogP contribution in [0.2, 0.25) is 0 Å². The minimum Gasteiger partial charge on any atom is -0.478 e. The van der Waals surface area contributed by atoms with Gasteiger partial charge < -0.3 is 10.0 Å². The summed E-state index contributed by atoms with van der Waals surface area (Å²) in [5, 5.41) is 9.10.